The molecule has 1 N–H and O–H groups in total. The number of aromatic nitrogens is 1. The molecule has 5 nitrogen and oxygen atoms in total. The van der Waals surface area contributed by atoms with E-state index >= 15 is 0 Å². The van der Waals surface area contributed by atoms with Crippen molar-refractivity contribution in [3.63, 3.8) is 0 Å². The quantitative estimate of drug-likeness (QED) is 0.810. The Morgan fingerprint density at radius 3 is 2.85 bits per heavy atom. The lowest BCUT2D eigenvalue weighted by atomic mass is 10.1. The van der Waals surface area contributed by atoms with Gasteiger partial charge >= 0.3 is 0 Å². The Kier molecular flexibility index (Phi) is 6.11. The van der Waals surface area contributed by atoms with Crippen LogP contribution in [0.2, 0.25) is 0 Å². The second-order valence-corrected chi connectivity index (χ2v) is 7.22. The van der Waals surface area contributed by atoms with Crippen LogP contribution in [-0.4, -0.2) is 48.2 Å². The van der Waals surface area contributed by atoms with Gasteiger partial charge in [-0.1, -0.05) is 6.07 Å². The summed E-state index contributed by atoms with van der Waals surface area (Å²) in [6, 6.07) is 8.71. The van der Waals surface area contributed by atoms with E-state index < -0.39 is 5.82 Å². The van der Waals surface area contributed by atoms with Crippen molar-refractivity contribution < 1.29 is 13.9 Å². The third kappa shape index (κ3) is 4.74. The van der Waals surface area contributed by atoms with E-state index in [1.807, 2.05) is 24.5 Å². The molecule has 0 radical (unpaired) electrons. The smallest absolute Gasteiger partial charge is 0.257 e. The van der Waals surface area contributed by atoms with E-state index in [0.717, 1.165) is 37.0 Å². The van der Waals surface area contributed by atoms with Crippen LogP contribution in [0.5, 0.6) is 11.6 Å². The Hall–Kier alpha value is -2.12. The maximum absolute atomic E-state index is 13.7. The first kappa shape index (κ1) is 18.7. The van der Waals surface area contributed by atoms with E-state index in [4.69, 9.17) is 4.74 Å². The van der Waals surface area contributed by atoms with Gasteiger partial charge in [0.25, 0.3) is 5.91 Å². The zero-order valence-corrected chi connectivity index (χ0v) is 15.7. The average Bonchev–Trinajstić information content (AvgIpc) is 2.65. The van der Waals surface area contributed by atoms with Gasteiger partial charge < -0.3 is 15.0 Å². The first-order valence-electron chi connectivity index (χ1n) is 8.52. The van der Waals surface area contributed by atoms with E-state index in [0.29, 0.717) is 5.75 Å². The summed E-state index contributed by atoms with van der Waals surface area (Å²) in [6.45, 7) is 1.86. The van der Waals surface area contributed by atoms with E-state index in [1.165, 1.54) is 6.07 Å². The van der Waals surface area contributed by atoms with Crippen molar-refractivity contribution in [1.82, 2.24) is 15.2 Å². The van der Waals surface area contributed by atoms with Crippen LogP contribution in [0.15, 0.2) is 41.4 Å². The van der Waals surface area contributed by atoms with Crippen LogP contribution in [0.25, 0.3) is 0 Å². The van der Waals surface area contributed by atoms with Crippen molar-refractivity contribution in [3.8, 4) is 11.6 Å². The summed E-state index contributed by atoms with van der Waals surface area (Å²) >= 11 is 1.59. The first-order chi connectivity index (χ1) is 12.5. The number of amides is 1. The summed E-state index contributed by atoms with van der Waals surface area (Å²) < 4.78 is 19.5. The predicted octanol–water partition coefficient (Wildman–Crippen LogP) is 3.56. The van der Waals surface area contributed by atoms with Gasteiger partial charge in [-0.15, -0.1) is 11.8 Å². The van der Waals surface area contributed by atoms with Crippen molar-refractivity contribution in [3.05, 3.63) is 47.9 Å². The molecule has 0 bridgehead atoms. The summed E-state index contributed by atoms with van der Waals surface area (Å²) in [5, 5.41) is 2.98. The first-order valence-corrected chi connectivity index (χ1v) is 9.74. The van der Waals surface area contributed by atoms with E-state index in [1.54, 1.807) is 17.8 Å². The summed E-state index contributed by atoms with van der Waals surface area (Å²) in [4.78, 5) is 19.9. The summed E-state index contributed by atoms with van der Waals surface area (Å²) in [5.74, 6) is -0.259. The molecule has 7 heteroatoms. The second kappa shape index (κ2) is 8.51. The number of carbonyl (C=O) groups excluding carboxylic acids is 1. The van der Waals surface area contributed by atoms with Crippen LogP contribution in [0.3, 0.4) is 0 Å². The second-order valence-electron chi connectivity index (χ2n) is 6.34. The molecule has 0 spiro atoms. The highest BCUT2D eigenvalue weighted by Gasteiger charge is 2.22. The number of pyridine rings is 1. The topological polar surface area (TPSA) is 54.5 Å². The molecule has 0 atom stereocenters. The molecule has 1 aliphatic rings. The monoisotopic (exact) mass is 375 g/mol. The van der Waals surface area contributed by atoms with E-state index in [-0.39, 0.29) is 23.4 Å². The van der Waals surface area contributed by atoms with Crippen LogP contribution in [0.4, 0.5) is 4.39 Å². The number of carbonyl (C=O) groups is 1. The molecule has 3 rings (SSSR count). The van der Waals surface area contributed by atoms with Gasteiger partial charge in [-0.3, -0.25) is 4.79 Å². The molecule has 26 heavy (non-hydrogen) atoms. The predicted molar refractivity (Wildman–Crippen MR) is 100 cm³/mol. The van der Waals surface area contributed by atoms with Gasteiger partial charge in [0.2, 0.25) is 5.88 Å². The fourth-order valence-electron chi connectivity index (χ4n) is 2.86. The Labute approximate surface area is 156 Å². The van der Waals surface area contributed by atoms with Crippen molar-refractivity contribution in [1.29, 1.82) is 0 Å². The van der Waals surface area contributed by atoms with Crippen LogP contribution in [0.1, 0.15) is 23.2 Å². The number of halogens is 1. The normalized spacial score (nSPS) is 15.7. The average molecular weight is 375 g/mol. The van der Waals surface area contributed by atoms with Crippen molar-refractivity contribution in [2.45, 2.75) is 23.8 Å². The highest BCUT2D eigenvalue weighted by atomic mass is 32.2. The van der Waals surface area contributed by atoms with Crippen molar-refractivity contribution >= 4 is 17.7 Å². The number of ether oxygens (including phenoxy) is 1. The van der Waals surface area contributed by atoms with Crippen molar-refractivity contribution in [2.75, 3.05) is 26.4 Å². The maximum atomic E-state index is 13.7. The summed E-state index contributed by atoms with van der Waals surface area (Å²) in [6.07, 6.45) is 4.77. The molecule has 1 aromatic carbocycles. The molecule has 2 heterocycles. The number of rotatable bonds is 5. The van der Waals surface area contributed by atoms with Gasteiger partial charge in [0.15, 0.2) is 0 Å². The third-order valence-electron chi connectivity index (χ3n) is 4.37. The molecule has 1 amide bonds. The lowest BCUT2D eigenvalue weighted by molar-refractivity contribution is 0.0913. The molecule has 1 aliphatic heterocycles. The number of benzene rings is 1. The fraction of sp³-hybridized carbons (Fsp3) is 0.368. The summed E-state index contributed by atoms with van der Waals surface area (Å²) in [5.41, 5.74) is 0.110. The Balaban J connectivity index is 1.77. The molecule has 0 saturated carbocycles. The minimum atomic E-state index is -0.566. The number of hydrogen-bond acceptors (Lipinski definition) is 5. The standard InChI is InChI=1S/C19H22FN3O2S/c1-23-8-6-14(7-9-23)22-18(24)17-10-13(20)12-21-19(17)25-15-4-3-5-16(11-15)26-2/h3-5,10-12,14H,6-9H2,1-2H3,(H,22,24). The largest absolute Gasteiger partial charge is 0.438 e. The zero-order chi connectivity index (χ0) is 18.5. The lowest BCUT2D eigenvalue weighted by Gasteiger charge is -2.29. The molecule has 138 valence electrons. The number of nitrogens with one attached hydrogen (secondary N) is 1. The summed E-state index contributed by atoms with van der Waals surface area (Å²) in [7, 11) is 2.06. The van der Waals surface area contributed by atoms with Gasteiger partial charge in [-0.05, 0) is 63.5 Å². The third-order valence-corrected chi connectivity index (χ3v) is 5.10. The molecular formula is C19H22FN3O2S. The van der Waals surface area contributed by atoms with Gasteiger partial charge in [0, 0.05) is 10.9 Å². The molecule has 0 aliphatic carbocycles. The molecule has 1 fully saturated rings. The van der Waals surface area contributed by atoms with Crippen LogP contribution in [-0.2, 0) is 0 Å². The molecule has 1 aromatic heterocycles. The molecular weight excluding hydrogens is 353 g/mol. The SMILES string of the molecule is CSc1cccc(Oc2ncc(F)cc2C(=O)NC2CCN(C)CC2)c1. The minimum absolute atomic E-state index is 0.0784. The minimum Gasteiger partial charge on any atom is -0.438 e. The van der Waals surface area contributed by atoms with Crippen LogP contribution >= 0.6 is 11.8 Å². The lowest BCUT2D eigenvalue weighted by Crippen LogP contribution is -2.43. The number of thioether (sulfide) groups is 1. The Bertz CT molecular complexity index is 779. The van der Waals surface area contributed by atoms with Gasteiger partial charge in [-0.2, -0.15) is 0 Å². The van der Waals surface area contributed by atoms with E-state index in [2.05, 4.69) is 22.2 Å². The highest BCUT2D eigenvalue weighted by molar-refractivity contribution is 7.98. The maximum Gasteiger partial charge on any atom is 0.257 e. The Morgan fingerprint density at radius 1 is 1.35 bits per heavy atom. The number of nitrogens with zero attached hydrogens (tertiary/aromatic N) is 2. The Morgan fingerprint density at radius 2 is 2.12 bits per heavy atom. The number of piperidine rings is 1. The van der Waals surface area contributed by atoms with Crippen LogP contribution < -0.4 is 10.1 Å². The highest BCUT2D eigenvalue weighted by Crippen LogP contribution is 2.27. The van der Waals surface area contributed by atoms with Gasteiger partial charge in [0.1, 0.15) is 17.1 Å². The van der Waals surface area contributed by atoms with E-state index in [9.17, 15) is 9.18 Å². The molecule has 0 unspecified atom stereocenters. The van der Waals surface area contributed by atoms with Crippen LogP contribution in [0, 0.1) is 5.82 Å². The number of likely N-dealkylation sites (tertiary alicyclic amines) is 1. The number of hydrogen-bond donors (Lipinski definition) is 1. The molecule has 1 saturated heterocycles. The fourth-order valence-corrected chi connectivity index (χ4v) is 3.31. The van der Waals surface area contributed by atoms with Gasteiger partial charge in [0.05, 0.1) is 6.20 Å². The van der Waals surface area contributed by atoms with Crippen molar-refractivity contribution in [2.24, 2.45) is 0 Å². The molecule has 2 aromatic rings. The zero-order valence-electron chi connectivity index (χ0n) is 14.9. The van der Waals surface area contributed by atoms with Gasteiger partial charge in [-0.25, -0.2) is 9.37 Å².